The summed E-state index contributed by atoms with van der Waals surface area (Å²) in [4.78, 5) is 16.8. The summed E-state index contributed by atoms with van der Waals surface area (Å²) in [6.07, 6.45) is 0. The molecule has 3 heterocycles. The van der Waals surface area contributed by atoms with Crippen LogP contribution in [0.2, 0.25) is 0 Å². The van der Waals surface area contributed by atoms with E-state index < -0.39 is 5.63 Å². The molecule has 0 aliphatic rings. The van der Waals surface area contributed by atoms with Crippen molar-refractivity contribution < 1.29 is 13.9 Å². The lowest BCUT2D eigenvalue weighted by atomic mass is 10.0. The zero-order valence-electron chi connectivity index (χ0n) is 18.7. The average Bonchev–Trinajstić information content (AvgIpc) is 3.11. The first kappa shape index (κ1) is 20.8. The highest BCUT2D eigenvalue weighted by atomic mass is 16.5. The minimum Gasteiger partial charge on any atom is -0.494 e. The monoisotopic (exact) mass is 441 g/mol. The van der Waals surface area contributed by atoms with Crippen molar-refractivity contribution in [2.75, 3.05) is 6.61 Å². The van der Waals surface area contributed by atoms with E-state index in [-0.39, 0.29) is 6.61 Å². The normalized spacial score (nSPS) is 11.2. The molecule has 33 heavy (non-hydrogen) atoms. The summed E-state index contributed by atoms with van der Waals surface area (Å²) < 4.78 is 18.8. The van der Waals surface area contributed by atoms with Gasteiger partial charge in [0.15, 0.2) is 5.65 Å². The molecule has 5 aromatic rings. The molecule has 0 radical (unpaired) electrons. The van der Waals surface area contributed by atoms with Gasteiger partial charge in [-0.3, -0.25) is 4.68 Å². The maximum atomic E-state index is 12.1. The van der Waals surface area contributed by atoms with Gasteiger partial charge in [0.1, 0.15) is 17.9 Å². The minimum absolute atomic E-state index is 0.154. The smallest absolute Gasteiger partial charge is 0.336 e. The van der Waals surface area contributed by atoms with Gasteiger partial charge in [-0.25, -0.2) is 4.79 Å². The Morgan fingerprint density at radius 3 is 2.64 bits per heavy atom. The Morgan fingerprint density at radius 1 is 1.03 bits per heavy atom. The number of pyridine rings is 1. The summed E-state index contributed by atoms with van der Waals surface area (Å²) in [6, 6.07) is 18.8. The second-order valence-corrected chi connectivity index (χ2v) is 7.75. The highest BCUT2D eigenvalue weighted by Crippen LogP contribution is 2.33. The molecule has 5 rings (SSSR count). The number of aryl methyl sites for hydroxylation is 2. The molecule has 0 amide bonds. The predicted molar refractivity (Wildman–Crippen MR) is 127 cm³/mol. The van der Waals surface area contributed by atoms with Gasteiger partial charge in [0.25, 0.3) is 0 Å². The van der Waals surface area contributed by atoms with Crippen LogP contribution in [0.1, 0.15) is 18.2 Å². The van der Waals surface area contributed by atoms with Gasteiger partial charge >= 0.3 is 5.63 Å². The van der Waals surface area contributed by atoms with Crippen LogP contribution in [0.4, 0.5) is 0 Å². The summed E-state index contributed by atoms with van der Waals surface area (Å²) in [5, 5.41) is 6.30. The van der Waals surface area contributed by atoms with E-state index in [1.165, 1.54) is 6.07 Å². The van der Waals surface area contributed by atoms with Gasteiger partial charge in [-0.05, 0) is 43.2 Å². The van der Waals surface area contributed by atoms with E-state index >= 15 is 0 Å². The number of hydrogen-bond donors (Lipinski definition) is 0. The van der Waals surface area contributed by atoms with Crippen LogP contribution in [-0.2, 0) is 13.7 Å². The Labute approximate surface area is 190 Å². The van der Waals surface area contributed by atoms with Crippen molar-refractivity contribution in [1.29, 1.82) is 0 Å². The van der Waals surface area contributed by atoms with Crippen molar-refractivity contribution in [2.24, 2.45) is 7.05 Å². The van der Waals surface area contributed by atoms with Gasteiger partial charge < -0.3 is 13.9 Å². The van der Waals surface area contributed by atoms with Gasteiger partial charge in [0.05, 0.1) is 17.7 Å². The molecule has 0 spiro atoms. The Kier molecular flexibility index (Phi) is 5.30. The molecule has 0 unspecified atom stereocenters. The summed E-state index contributed by atoms with van der Waals surface area (Å²) in [5.41, 5.74) is 4.45. The molecule has 166 valence electrons. The van der Waals surface area contributed by atoms with Crippen LogP contribution < -0.4 is 15.1 Å². The highest BCUT2D eigenvalue weighted by molar-refractivity contribution is 5.95. The summed E-state index contributed by atoms with van der Waals surface area (Å²) in [5.74, 6) is 1.16. The van der Waals surface area contributed by atoms with Crippen LogP contribution in [0.3, 0.4) is 0 Å². The topological polar surface area (TPSA) is 79.4 Å². The number of benzene rings is 2. The Bertz CT molecular complexity index is 1520. The van der Waals surface area contributed by atoms with Crippen LogP contribution in [0.5, 0.6) is 11.6 Å². The predicted octanol–water partition coefficient (Wildman–Crippen LogP) is 5.03. The molecule has 0 aliphatic heterocycles. The summed E-state index contributed by atoms with van der Waals surface area (Å²) >= 11 is 0. The van der Waals surface area contributed by atoms with E-state index in [1.54, 1.807) is 16.8 Å². The van der Waals surface area contributed by atoms with Gasteiger partial charge in [-0.2, -0.15) is 10.1 Å². The molecule has 2 aromatic carbocycles. The van der Waals surface area contributed by atoms with Crippen LogP contribution in [-0.4, -0.2) is 21.4 Å². The first-order valence-electron chi connectivity index (χ1n) is 10.8. The molecule has 0 N–H and O–H groups in total. The standard InChI is InChI=1S/C26H23N3O4/c1-4-31-19-10-11-22-20(13-19)18(12-24(30)33-22)15-32-23-14-21(17-8-6-5-7-9-17)25-16(2)28-29(3)26(25)27-23/h5-14H,4,15H2,1-3H3. The maximum absolute atomic E-state index is 12.1. The van der Waals surface area contributed by atoms with Crippen molar-refractivity contribution >= 4 is 22.0 Å². The van der Waals surface area contributed by atoms with Crippen molar-refractivity contribution in [1.82, 2.24) is 14.8 Å². The highest BCUT2D eigenvalue weighted by Gasteiger charge is 2.16. The second-order valence-electron chi connectivity index (χ2n) is 7.75. The van der Waals surface area contributed by atoms with Gasteiger partial charge in [0.2, 0.25) is 5.88 Å². The molecule has 0 atom stereocenters. The minimum atomic E-state index is -0.430. The molecule has 7 heteroatoms. The Hall–Kier alpha value is -4.13. The number of aromatic nitrogens is 3. The molecule has 0 aliphatic carbocycles. The number of ether oxygens (including phenoxy) is 2. The van der Waals surface area contributed by atoms with Crippen LogP contribution >= 0.6 is 0 Å². The SMILES string of the molecule is CCOc1ccc2oc(=O)cc(COc3cc(-c4ccccc4)c4c(C)nn(C)c4n3)c2c1. The Balaban J connectivity index is 1.57. The maximum Gasteiger partial charge on any atom is 0.336 e. The molecular formula is C26H23N3O4. The van der Waals surface area contributed by atoms with Gasteiger partial charge in [-0.1, -0.05) is 30.3 Å². The van der Waals surface area contributed by atoms with Crippen LogP contribution in [0.25, 0.3) is 33.1 Å². The first-order chi connectivity index (χ1) is 16.0. The fourth-order valence-electron chi connectivity index (χ4n) is 4.08. The van der Waals surface area contributed by atoms with E-state index in [0.717, 1.165) is 33.2 Å². The zero-order chi connectivity index (χ0) is 22.9. The van der Waals surface area contributed by atoms with Crippen molar-refractivity contribution in [2.45, 2.75) is 20.5 Å². The van der Waals surface area contributed by atoms with E-state index in [1.807, 2.05) is 51.2 Å². The lowest BCUT2D eigenvalue weighted by molar-refractivity contribution is 0.295. The Morgan fingerprint density at radius 2 is 1.85 bits per heavy atom. The third-order valence-corrected chi connectivity index (χ3v) is 5.52. The quantitative estimate of drug-likeness (QED) is 0.344. The van der Waals surface area contributed by atoms with Crippen LogP contribution in [0, 0.1) is 6.92 Å². The fourth-order valence-corrected chi connectivity index (χ4v) is 4.08. The molecule has 0 bridgehead atoms. The molecular weight excluding hydrogens is 418 g/mol. The van der Waals surface area contributed by atoms with E-state index in [0.29, 0.717) is 29.4 Å². The summed E-state index contributed by atoms with van der Waals surface area (Å²) in [6.45, 7) is 4.60. The lowest BCUT2D eigenvalue weighted by Gasteiger charge is -2.11. The molecule has 0 fully saturated rings. The largest absolute Gasteiger partial charge is 0.494 e. The van der Waals surface area contributed by atoms with E-state index in [2.05, 4.69) is 17.2 Å². The van der Waals surface area contributed by atoms with Crippen molar-refractivity contribution in [3.63, 3.8) is 0 Å². The third kappa shape index (κ3) is 3.93. The fraction of sp³-hybridized carbons (Fsp3) is 0.192. The summed E-state index contributed by atoms with van der Waals surface area (Å²) in [7, 11) is 1.87. The third-order valence-electron chi connectivity index (χ3n) is 5.52. The van der Waals surface area contributed by atoms with Crippen LogP contribution in [0.15, 0.2) is 69.9 Å². The molecule has 3 aromatic heterocycles. The number of nitrogens with zero attached hydrogens (tertiary/aromatic N) is 3. The lowest BCUT2D eigenvalue weighted by Crippen LogP contribution is -2.05. The second kappa shape index (κ2) is 8.43. The molecule has 0 saturated heterocycles. The van der Waals surface area contributed by atoms with E-state index in [9.17, 15) is 4.79 Å². The van der Waals surface area contributed by atoms with E-state index in [4.69, 9.17) is 18.9 Å². The average molecular weight is 441 g/mol. The molecule has 0 saturated carbocycles. The first-order valence-corrected chi connectivity index (χ1v) is 10.8. The van der Waals surface area contributed by atoms with Gasteiger partial charge in [-0.15, -0.1) is 0 Å². The number of fused-ring (bicyclic) bond motifs is 2. The van der Waals surface area contributed by atoms with Gasteiger partial charge in [0, 0.05) is 30.1 Å². The molecule has 7 nitrogen and oxygen atoms in total. The zero-order valence-corrected chi connectivity index (χ0v) is 18.7. The van der Waals surface area contributed by atoms with Crippen molar-refractivity contribution in [3.8, 4) is 22.8 Å². The van der Waals surface area contributed by atoms with Crippen molar-refractivity contribution in [3.05, 3.63) is 82.3 Å². The number of rotatable bonds is 6. The number of hydrogen-bond acceptors (Lipinski definition) is 6.